The molecule has 1 N–H and O–H groups in total. The molecule has 2 nitrogen and oxygen atoms in total. The summed E-state index contributed by atoms with van der Waals surface area (Å²) in [5.74, 6) is 0. The largest absolute Gasteiger partial charge is 0.298 e. The zero-order valence-corrected chi connectivity index (χ0v) is 6.86. The van der Waals surface area contributed by atoms with E-state index in [4.69, 9.17) is 5.26 Å². The lowest BCUT2D eigenvalue weighted by Gasteiger charge is -2.52. The van der Waals surface area contributed by atoms with E-state index in [1.807, 2.05) is 6.92 Å². The van der Waals surface area contributed by atoms with Crippen LogP contribution in [0.4, 0.5) is 0 Å². The van der Waals surface area contributed by atoms with Crippen molar-refractivity contribution in [1.29, 1.82) is 5.26 Å². The van der Waals surface area contributed by atoms with Crippen LogP contribution >= 0.6 is 0 Å². The van der Waals surface area contributed by atoms with Gasteiger partial charge in [-0.3, -0.25) is 5.32 Å². The molecule has 0 bridgehead atoms. The van der Waals surface area contributed by atoms with Crippen molar-refractivity contribution in [1.82, 2.24) is 5.32 Å². The first kappa shape index (κ1) is 7.56. The molecular weight excluding hydrogens is 124 g/mol. The van der Waals surface area contributed by atoms with Gasteiger partial charge in [-0.15, -0.1) is 0 Å². The van der Waals surface area contributed by atoms with Crippen LogP contribution in [0.25, 0.3) is 0 Å². The average molecular weight is 138 g/mol. The maximum Gasteiger partial charge on any atom is 0.110 e. The zero-order valence-electron chi connectivity index (χ0n) is 6.86. The highest BCUT2D eigenvalue weighted by molar-refractivity contribution is 5.20. The van der Waals surface area contributed by atoms with E-state index in [1.54, 1.807) is 0 Å². The summed E-state index contributed by atoms with van der Waals surface area (Å²) in [6.07, 6.45) is 1.07. The van der Waals surface area contributed by atoms with Crippen LogP contribution in [0.2, 0.25) is 0 Å². The highest BCUT2D eigenvalue weighted by Crippen LogP contribution is 2.40. The normalized spacial score (nSPS) is 45.8. The molecule has 1 aliphatic heterocycles. The molecular formula is C8H14N2. The second-order valence-corrected chi connectivity index (χ2v) is 3.50. The first-order valence-corrected chi connectivity index (χ1v) is 3.74. The minimum Gasteiger partial charge on any atom is -0.298 e. The van der Waals surface area contributed by atoms with Crippen molar-refractivity contribution in [3.05, 3.63) is 0 Å². The summed E-state index contributed by atoms with van der Waals surface area (Å²) in [4.78, 5) is 0. The molecule has 1 heterocycles. The van der Waals surface area contributed by atoms with Gasteiger partial charge in [-0.2, -0.15) is 5.26 Å². The van der Waals surface area contributed by atoms with Crippen LogP contribution in [-0.4, -0.2) is 12.1 Å². The average Bonchev–Trinajstić information content (AvgIpc) is 1.99. The third-order valence-electron chi connectivity index (χ3n) is 3.04. The number of nitriles is 1. The summed E-state index contributed by atoms with van der Waals surface area (Å²) in [5.41, 5.74) is -0.0799. The van der Waals surface area contributed by atoms with Crippen molar-refractivity contribution in [3.63, 3.8) is 0 Å². The predicted molar refractivity (Wildman–Crippen MR) is 40.4 cm³/mol. The molecule has 1 fully saturated rings. The van der Waals surface area contributed by atoms with Gasteiger partial charge in [0.2, 0.25) is 0 Å². The van der Waals surface area contributed by atoms with E-state index in [1.165, 1.54) is 0 Å². The lowest BCUT2D eigenvalue weighted by Crippen LogP contribution is -2.69. The van der Waals surface area contributed by atoms with E-state index in [2.05, 4.69) is 25.2 Å². The van der Waals surface area contributed by atoms with Gasteiger partial charge >= 0.3 is 0 Å². The Morgan fingerprint density at radius 3 is 2.30 bits per heavy atom. The Morgan fingerprint density at radius 2 is 2.20 bits per heavy atom. The maximum absolute atomic E-state index is 8.80. The van der Waals surface area contributed by atoms with Crippen molar-refractivity contribution in [2.45, 2.75) is 32.7 Å². The van der Waals surface area contributed by atoms with Gasteiger partial charge in [-0.05, 0) is 13.3 Å². The summed E-state index contributed by atoms with van der Waals surface area (Å²) in [5, 5.41) is 12.0. The Labute approximate surface area is 62.2 Å². The number of nitrogens with zero attached hydrogens (tertiary/aromatic N) is 1. The highest BCUT2D eigenvalue weighted by Gasteiger charge is 2.51. The van der Waals surface area contributed by atoms with Gasteiger partial charge < -0.3 is 0 Å². The fourth-order valence-electron chi connectivity index (χ4n) is 1.31. The topological polar surface area (TPSA) is 35.8 Å². The fourth-order valence-corrected chi connectivity index (χ4v) is 1.31. The Kier molecular flexibility index (Phi) is 1.48. The zero-order chi connectivity index (χ0) is 7.83. The number of hydrogen-bond acceptors (Lipinski definition) is 2. The van der Waals surface area contributed by atoms with E-state index in [9.17, 15) is 0 Å². The van der Waals surface area contributed by atoms with E-state index in [0.29, 0.717) is 0 Å². The predicted octanol–water partition coefficient (Wildman–Crippen LogP) is 1.29. The summed E-state index contributed by atoms with van der Waals surface area (Å²) in [6.45, 7) is 7.25. The molecule has 2 unspecified atom stereocenters. The molecule has 2 heteroatoms. The smallest absolute Gasteiger partial charge is 0.110 e. The number of rotatable bonds is 1. The van der Waals surface area contributed by atoms with E-state index in [-0.39, 0.29) is 11.0 Å². The molecule has 0 aromatic heterocycles. The van der Waals surface area contributed by atoms with Crippen molar-refractivity contribution in [2.24, 2.45) is 5.41 Å². The molecule has 0 aromatic rings. The second kappa shape index (κ2) is 1.96. The van der Waals surface area contributed by atoms with Crippen LogP contribution in [0, 0.1) is 16.7 Å². The first-order chi connectivity index (χ1) is 4.58. The molecule has 1 aliphatic rings. The minimum absolute atomic E-state index is 0.196. The van der Waals surface area contributed by atoms with Crippen LogP contribution in [0.3, 0.4) is 0 Å². The number of hydrogen-bond donors (Lipinski definition) is 1. The van der Waals surface area contributed by atoms with Gasteiger partial charge in [0, 0.05) is 12.0 Å². The van der Waals surface area contributed by atoms with Gasteiger partial charge in [0.05, 0.1) is 6.07 Å². The van der Waals surface area contributed by atoms with E-state index < -0.39 is 0 Å². The lowest BCUT2D eigenvalue weighted by molar-refractivity contribution is 0.0550. The third kappa shape index (κ3) is 0.674. The molecule has 0 aromatic carbocycles. The van der Waals surface area contributed by atoms with Crippen molar-refractivity contribution >= 4 is 0 Å². The SMILES string of the molecule is CCC1(C)CNC1(C)C#N. The van der Waals surface area contributed by atoms with Crippen LogP contribution in [-0.2, 0) is 0 Å². The summed E-state index contributed by atoms with van der Waals surface area (Å²) in [7, 11) is 0. The number of nitrogens with one attached hydrogen (secondary N) is 1. The van der Waals surface area contributed by atoms with E-state index in [0.717, 1.165) is 13.0 Å². The van der Waals surface area contributed by atoms with Crippen LogP contribution in [0.1, 0.15) is 27.2 Å². The van der Waals surface area contributed by atoms with Crippen molar-refractivity contribution < 1.29 is 0 Å². The molecule has 1 rings (SSSR count). The van der Waals surface area contributed by atoms with Gasteiger partial charge in [0.1, 0.15) is 5.54 Å². The van der Waals surface area contributed by atoms with Crippen LogP contribution < -0.4 is 5.32 Å². The molecule has 0 radical (unpaired) electrons. The van der Waals surface area contributed by atoms with Crippen molar-refractivity contribution in [2.75, 3.05) is 6.54 Å². The Balaban J connectivity index is 2.76. The molecule has 1 saturated heterocycles. The Bertz CT molecular complexity index is 178. The van der Waals surface area contributed by atoms with Crippen molar-refractivity contribution in [3.8, 4) is 6.07 Å². The van der Waals surface area contributed by atoms with Gasteiger partial charge in [0.25, 0.3) is 0 Å². The molecule has 10 heavy (non-hydrogen) atoms. The summed E-state index contributed by atoms with van der Waals surface area (Å²) >= 11 is 0. The Hall–Kier alpha value is -0.550. The molecule has 0 saturated carbocycles. The maximum atomic E-state index is 8.80. The van der Waals surface area contributed by atoms with Crippen LogP contribution in [0.15, 0.2) is 0 Å². The second-order valence-electron chi connectivity index (χ2n) is 3.50. The third-order valence-corrected chi connectivity index (χ3v) is 3.04. The summed E-state index contributed by atoms with van der Waals surface area (Å²) in [6, 6.07) is 2.31. The minimum atomic E-state index is -0.276. The fraction of sp³-hybridized carbons (Fsp3) is 0.875. The summed E-state index contributed by atoms with van der Waals surface area (Å²) < 4.78 is 0. The van der Waals surface area contributed by atoms with Crippen LogP contribution in [0.5, 0.6) is 0 Å². The molecule has 0 amide bonds. The quantitative estimate of drug-likeness (QED) is 0.592. The molecule has 2 atom stereocenters. The van der Waals surface area contributed by atoms with Gasteiger partial charge in [-0.1, -0.05) is 13.8 Å². The Morgan fingerprint density at radius 1 is 1.60 bits per heavy atom. The standard InChI is InChI=1S/C8H14N2/c1-4-7(2)6-10-8(7,3)5-9/h10H,4,6H2,1-3H3. The van der Waals surface area contributed by atoms with E-state index >= 15 is 0 Å². The molecule has 56 valence electrons. The highest BCUT2D eigenvalue weighted by atomic mass is 15.1. The van der Waals surface area contributed by atoms with Gasteiger partial charge in [0.15, 0.2) is 0 Å². The lowest BCUT2D eigenvalue weighted by atomic mass is 9.64. The first-order valence-electron chi connectivity index (χ1n) is 3.74. The monoisotopic (exact) mass is 138 g/mol. The molecule has 0 spiro atoms. The van der Waals surface area contributed by atoms with Gasteiger partial charge in [-0.25, -0.2) is 0 Å². The molecule has 0 aliphatic carbocycles.